The Hall–Kier alpha value is -2.84. The minimum atomic E-state index is -0.219. The van der Waals surface area contributed by atoms with Crippen LogP contribution in [0.4, 0.5) is 0 Å². The zero-order valence-electron chi connectivity index (χ0n) is 18.1. The van der Waals surface area contributed by atoms with Crippen molar-refractivity contribution in [3.63, 3.8) is 0 Å². The molecule has 164 valence electrons. The number of carbonyl (C=O) groups excluding carboxylic acids is 1. The van der Waals surface area contributed by atoms with Crippen LogP contribution in [0.5, 0.6) is 5.75 Å². The number of carbonyl (C=O) groups is 1. The summed E-state index contributed by atoms with van der Waals surface area (Å²) in [6.07, 6.45) is 0. The van der Waals surface area contributed by atoms with Gasteiger partial charge >= 0.3 is 0 Å². The highest BCUT2D eigenvalue weighted by molar-refractivity contribution is 7.99. The molecule has 0 radical (unpaired) electrons. The van der Waals surface area contributed by atoms with E-state index in [-0.39, 0.29) is 29.0 Å². The van der Waals surface area contributed by atoms with Gasteiger partial charge in [-0.15, -0.1) is 0 Å². The van der Waals surface area contributed by atoms with Gasteiger partial charge in [0.25, 0.3) is 5.56 Å². The minimum absolute atomic E-state index is 0.126. The van der Waals surface area contributed by atoms with Gasteiger partial charge in [-0.05, 0) is 49.6 Å². The minimum Gasteiger partial charge on any atom is -0.507 e. The lowest BCUT2D eigenvalue weighted by Gasteiger charge is -2.18. The smallest absolute Gasteiger partial charge is 0.262 e. The van der Waals surface area contributed by atoms with Crippen molar-refractivity contribution in [1.82, 2.24) is 14.9 Å². The van der Waals surface area contributed by atoms with E-state index >= 15 is 0 Å². The fourth-order valence-corrected chi connectivity index (χ4v) is 4.39. The van der Waals surface area contributed by atoms with E-state index in [9.17, 15) is 14.7 Å². The Labute approximate surface area is 185 Å². The van der Waals surface area contributed by atoms with Crippen LogP contribution in [-0.2, 0) is 16.1 Å². The third-order valence-electron chi connectivity index (χ3n) is 5.00. The summed E-state index contributed by atoms with van der Waals surface area (Å²) in [4.78, 5) is 30.1. The van der Waals surface area contributed by atoms with Crippen molar-refractivity contribution in [3.8, 4) is 5.75 Å². The van der Waals surface area contributed by atoms with E-state index in [0.717, 1.165) is 16.7 Å². The molecule has 0 saturated heterocycles. The number of para-hydroxylation sites is 1. The maximum atomic E-state index is 13.0. The van der Waals surface area contributed by atoms with E-state index in [1.807, 2.05) is 45.0 Å². The number of rotatable bonds is 8. The van der Waals surface area contributed by atoms with Crippen molar-refractivity contribution in [1.29, 1.82) is 0 Å². The molecule has 31 heavy (non-hydrogen) atoms. The number of phenolic OH excluding ortho intramolecular Hbond substituents is 1. The number of amides is 1. The number of methoxy groups -OCH3 is 1. The fourth-order valence-electron chi connectivity index (χ4n) is 3.46. The number of hydrogen-bond acceptors (Lipinski definition) is 6. The van der Waals surface area contributed by atoms with E-state index in [0.29, 0.717) is 29.2 Å². The molecule has 2 N–H and O–H groups in total. The molecule has 0 bridgehead atoms. The molecule has 0 saturated carbocycles. The second-order valence-electron chi connectivity index (χ2n) is 7.53. The van der Waals surface area contributed by atoms with Gasteiger partial charge in [-0.2, -0.15) is 0 Å². The van der Waals surface area contributed by atoms with Crippen LogP contribution < -0.4 is 10.9 Å². The molecule has 0 aliphatic heterocycles. The highest BCUT2D eigenvalue weighted by atomic mass is 32.2. The van der Waals surface area contributed by atoms with Gasteiger partial charge in [-0.1, -0.05) is 36.0 Å². The molecule has 0 aliphatic rings. The highest BCUT2D eigenvalue weighted by Crippen LogP contribution is 2.23. The van der Waals surface area contributed by atoms with Gasteiger partial charge in [-0.3, -0.25) is 14.2 Å². The Bertz CT molecular complexity index is 1140. The van der Waals surface area contributed by atoms with Gasteiger partial charge in [0.05, 0.1) is 29.3 Å². The van der Waals surface area contributed by atoms with Crippen molar-refractivity contribution in [3.05, 3.63) is 63.4 Å². The van der Waals surface area contributed by atoms with E-state index in [4.69, 9.17) is 4.74 Å². The number of thioether (sulfide) groups is 1. The van der Waals surface area contributed by atoms with Crippen LogP contribution in [0.2, 0.25) is 0 Å². The van der Waals surface area contributed by atoms with Crippen LogP contribution in [0.1, 0.15) is 29.7 Å². The van der Waals surface area contributed by atoms with Gasteiger partial charge in [0.15, 0.2) is 5.16 Å². The molecule has 7 nitrogen and oxygen atoms in total. The highest BCUT2D eigenvalue weighted by Gasteiger charge is 2.17. The normalized spacial score (nSPS) is 12.1. The SMILES string of the molecule is COCC(C)n1c(SCC(=O)NCc2cc(C)c(O)c(C)c2)nc2ccccc2c1=O. The summed E-state index contributed by atoms with van der Waals surface area (Å²) in [6, 6.07) is 10.7. The van der Waals surface area contributed by atoms with Crippen molar-refractivity contribution in [2.45, 2.75) is 38.5 Å². The quantitative estimate of drug-likeness (QED) is 0.411. The maximum Gasteiger partial charge on any atom is 0.262 e. The first-order valence-corrected chi connectivity index (χ1v) is 11.0. The summed E-state index contributed by atoms with van der Waals surface area (Å²) in [5.41, 5.74) is 2.92. The van der Waals surface area contributed by atoms with Crippen LogP contribution in [-0.4, -0.2) is 40.0 Å². The molecule has 0 fully saturated rings. The standard InChI is InChI=1S/C23H27N3O4S/c1-14-9-17(10-15(2)21(14)28)11-24-20(27)13-31-23-25-19-8-6-5-7-18(19)22(29)26(23)16(3)12-30-4/h5-10,16,28H,11-13H2,1-4H3,(H,24,27). The number of ether oxygens (including phenoxy) is 1. The average molecular weight is 442 g/mol. The van der Waals surface area contributed by atoms with Crippen LogP contribution in [0, 0.1) is 13.8 Å². The third-order valence-corrected chi connectivity index (χ3v) is 5.95. The predicted octanol–water partition coefficient (Wildman–Crippen LogP) is 3.33. The monoisotopic (exact) mass is 441 g/mol. The molecule has 3 rings (SSSR count). The largest absolute Gasteiger partial charge is 0.507 e. The molecule has 1 unspecified atom stereocenters. The molecule has 1 atom stereocenters. The Balaban J connectivity index is 1.76. The van der Waals surface area contributed by atoms with Crippen LogP contribution >= 0.6 is 11.8 Å². The molecule has 1 aromatic heterocycles. The van der Waals surface area contributed by atoms with Crippen molar-refractivity contribution >= 4 is 28.6 Å². The molecular weight excluding hydrogens is 414 g/mol. The van der Waals surface area contributed by atoms with Crippen molar-refractivity contribution < 1.29 is 14.6 Å². The zero-order valence-corrected chi connectivity index (χ0v) is 19.0. The molecule has 1 amide bonds. The number of aryl methyl sites for hydroxylation is 2. The number of benzene rings is 2. The number of nitrogens with one attached hydrogen (secondary N) is 1. The average Bonchev–Trinajstić information content (AvgIpc) is 2.74. The second-order valence-corrected chi connectivity index (χ2v) is 8.48. The Morgan fingerprint density at radius 2 is 1.94 bits per heavy atom. The summed E-state index contributed by atoms with van der Waals surface area (Å²) in [6.45, 7) is 6.27. The third kappa shape index (κ3) is 5.26. The Kier molecular flexibility index (Phi) is 7.35. The van der Waals surface area contributed by atoms with Gasteiger partial charge in [-0.25, -0.2) is 4.98 Å². The van der Waals surface area contributed by atoms with Gasteiger partial charge in [0.2, 0.25) is 5.91 Å². The van der Waals surface area contributed by atoms with E-state index in [1.54, 1.807) is 23.8 Å². The Morgan fingerprint density at radius 1 is 1.26 bits per heavy atom. The first kappa shape index (κ1) is 22.8. The number of phenols is 1. The van der Waals surface area contributed by atoms with E-state index in [1.165, 1.54) is 11.8 Å². The number of hydrogen-bond donors (Lipinski definition) is 2. The number of aromatic hydroxyl groups is 1. The lowest BCUT2D eigenvalue weighted by molar-refractivity contribution is -0.118. The van der Waals surface area contributed by atoms with Crippen LogP contribution in [0.3, 0.4) is 0 Å². The summed E-state index contributed by atoms with van der Waals surface area (Å²) in [7, 11) is 1.59. The lowest BCUT2D eigenvalue weighted by Crippen LogP contribution is -2.29. The zero-order chi connectivity index (χ0) is 22.5. The van der Waals surface area contributed by atoms with Crippen LogP contribution in [0.15, 0.2) is 46.3 Å². The summed E-state index contributed by atoms with van der Waals surface area (Å²) in [5.74, 6) is 0.235. The molecule has 3 aromatic rings. The molecule has 1 heterocycles. The van der Waals surface area contributed by atoms with Crippen LogP contribution in [0.25, 0.3) is 10.9 Å². The lowest BCUT2D eigenvalue weighted by atomic mass is 10.1. The van der Waals surface area contributed by atoms with Crippen molar-refractivity contribution in [2.24, 2.45) is 0 Å². The van der Waals surface area contributed by atoms with Gasteiger partial charge in [0.1, 0.15) is 5.75 Å². The molecule has 0 aliphatic carbocycles. The number of fused-ring (bicyclic) bond motifs is 1. The molecule has 8 heteroatoms. The van der Waals surface area contributed by atoms with E-state index < -0.39 is 0 Å². The second kappa shape index (κ2) is 9.98. The summed E-state index contributed by atoms with van der Waals surface area (Å²) < 4.78 is 6.82. The van der Waals surface area contributed by atoms with Gasteiger partial charge < -0.3 is 15.2 Å². The number of aromatic nitrogens is 2. The summed E-state index contributed by atoms with van der Waals surface area (Å²) >= 11 is 1.23. The molecule has 2 aromatic carbocycles. The van der Waals surface area contributed by atoms with Crippen molar-refractivity contribution in [2.75, 3.05) is 19.5 Å². The maximum absolute atomic E-state index is 13.0. The topological polar surface area (TPSA) is 93.4 Å². The predicted molar refractivity (Wildman–Crippen MR) is 123 cm³/mol. The van der Waals surface area contributed by atoms with Gasteiger partial charge in [0, 0.05) is 13.7 Å². The summed E-state index contributed by atoms with van der Waals surface area (Å²) in [5, 5.41) is 13.8. The van der Waals surface area contributed by atoms with E-state index in [2.05, 4.69) is 10.3 Å². The Morgan fingerprint density at radius 3 is 2.61 bits per heavy atom. The molecular formula is C23H27N3O4S. The molecule has 0 spiro atoms. The number of nitrogens with zero attached hydrogens (tertiary/aromatic N) is 2. The first-order valence-electron chi connectivity index (χ1n) is 10.0. The fraction of sp³-hybridized carbons (Fsp3) is 0.348. The first-order chi connectivity index (χ1) is 14.8.